The van der Waals surface area contributed by atoms with Crippen LogP contribution in [0.1, 0.15) is 31.8 Å². The minimum atomic E-state index is -4.54. The van der Waals surface area contributed by atoms with E-state index in [9.17, 15) is 22.8 Å². The van der Waals surface area contributed by atoms with Gasteiger partial charge in [-0.15, -0.1) is 11.3 Å². The van der Waals surface area contributed by atoms with Gasteiger partial charge in [0.05, 0.1) is 21.3 Å². The molecule has 1 heterocycles. The van der Waals surface area contributed by atoms with E-state index >= 15 is 0 Å². The molecule has 4 aromatic rings. The van der Waals surface area contributed by atoms with Gasteiger partial charge in [-0.3, -0.25) is 9.59 Å². The van der Waals surface area contributed by atoms with E-state index in [4.69, 9.17) is 0 Å². The summed E-state index contributed by atoms with van der Waals surface area (Å²) in [5.74, 6) is -1.02. The van der Waals surface area contributed by atoms with Crippen LogP contribution in [0, 0.1) is 6.92 Å². The molecule has 0 aliphatic heterocycles. The van der Waals surface area contributed by atoms with Crippen molar-refractivity contribution in [3.8, 4) is 0 Å². The maximum atomic E-state index is 12.9. The van der Waals surface area contributed by atoms with Gasteiger partial charge < -0.3 is 10.6 Å². The van der Waals surface area contributed by atoms with Crippen LogP contribution in [0.15, 0.2) is 66.2 Å². The molecule has 2 amide bonds. The molecule has 0 aliphatic rings. The molecule has 1 aromatic heterocycles. The smallest absolute Gasteiger partial charge is 0.322 e. The van der Waals surface area contributed by atoms with Gasteiger partial charge in [0.1, 0.15) is 0 Å². The summed E-state index contributed by atoms with van der Waals surface area (Å²) in [6.07, 6.45) is -4.54. The molecule has 32 heavy (non-hydrogen) atoms. The highest BCUT2D eigenvalue weighted by molar-refractivity contribution is 7.16. The van der Waals surface area contributed by atoms with E-state index in [0.29, 0.717) is 16.9 Å². The number of hydrogen-bond donors (Lipinski definition) is 2. The lowest BCUT2D eigenvalue weighted by Gasteiger charge is -2.13. The first-order valence-corrected chi connectivity index (χ1v) is 10.3. The van der Waals surface area contributed by atoms with Crippen LogP contribution >= 0.6 is 11.3 Å². The zero-order valence-corrected chi connectivity index (χ0v) is 17.5. The zero-order chi connectivity index (χ0) is 22.9. The number of carbonyl (C=O) groups excluding carboxylic acids is 2. The molecule has 0 spiro atoms. The van der Waals surface area contributed by atoms with E-state index in [2.05, 4.69) is 15.6 Å². The number of anilines is 2. The van der Waals surface area contributed by atoms with Crippen LogP contribution in [-0.2, 0) is 6.18 Å². The lowest BCUT2D eigenvalue weighted by molar-refractivity contribution is -0.137. The molecule has 0 fully saturated rings. The summed E-state index contributed by atoms with van der Waals surface area (Å²) in [7, 11) is 0. The second kappa shape index (κ2) is 8.43. The zero-order valence-electron chi connectivity index (χ0n) is 16.7. The van der Waals surface area contributed by atoms with Crippen LogP contribution < -0.4 is 10.6 Å². The first-order chi connectivity index (χ1) is 15.2. The fourth-order valence-electron chi connectivity index (χ4n) is 3.07. The summed E-state index contributed by atoms with van der Waals surface area (Å²) in [5.41, 5.74) is 3.51. The average molecular weight is 455 g/mol. The number of aromatic nitrogens is 1. The van der Waals surface area contributed by atoms with Crippen LogP contribution in [0.25, 0.3) is 10.2 Å². The van der Waals surface area contributed by atoms with Gasteiger partial charge in [-0.1, -0.05) is 12.1 Å². The summed E-state index contributed by atoms with van der Waals surface area (Å²) in [6.45, 7) is 1.79. The molecule has 0 atom stereocenters. The number of thiazole rings is 1. The highest BCUT2D eigenvalue weighted by Crippen LogP contribution is 2.30. The van der Waals surface area contributed by atoms with Gasteiger partial charge in [-0.05, 0) is 61.0 Å². The predicted octanol–water partition coefficient (Wildman–Crippen LogP) is 6.13. The number of halogens is 3. The molecule has 0 saturated carbocycles. The van der Waals surface area contributed by atoms with E-state index < -0.39 is 17.6 Å². The molecule has 0 radical (unpaired) electrons. The lowest BCUT2D eigenvalue weighted by Crippen LogP contribution is -2.15. The fourth-order valence-corrected chi connectivity index (χ4v) is 3.78. The molecule has 0 aliphatic carbocycles. The third-order valence-corrected chi connectivity index (χ3v) is 5.58. The highest BCUT2D eigenvalue weighted by atomic mass is 32.1. The van der Waals surface area contributed by atoms with Crippen molar-refractivity contribution in [2.75, 3.05) is 10.6 Å². The molecule has 0 bridgehead atoms. The summed E-state index contributed by atoms with van der Waals surface area (Å²) < 4.78 is 39.6. The van der Waals surface area contributed by atoms with Crippen molar-refractivity contribution in [2.45, 2.75) is 13.1 Å². The Labute approximate surface area is 184 Å². The number of alkyl halides is 3. The van der Waals surface area contributed by atoms with Gasteiger partial charge in [0.2, 0.25) is 0 Å². The van der Waals surface area contributed by atoms with Gasteiger partial charge in [0, 0.05) is 22.5 Å². The summed E-state index contributed by atoms with van der Waals surface area (Å²) in [4.78, 5) is 29.3. The van der Waals surface area contributed by atoms with Crippen molar-refractivity contribution in [1.29, 1.82) is 0 Å². The van der Waals surface area contributed by atoms with Crippen molar-refractivity contribution < 1.29 is 22.8 Å². The molecular weight excluding hydrogens is 439 g/mol. The Morgan fingerprint density at radius 3 is 2.44 bits per heavy atom. The van der Waals surface area contributed by atoms with Crippen molar-refractivity contribution in [3.05, 3.63) is 88.4 Å². The molecule has 3 aromatic carbocycles. The van der Waals surface area contributed by atoms with E-state index in [-0.39, 0.29) is 11.5 Å². The van der Waals surface area contributed by atoms with Gasteiger partial charge in [0.15, 0.2) is 0 Å². The third kappa shape index (κ3) is 4.62. The Morgan fingerprint density at radius 2 is 1.66 bits per heavy atom. The number of carbonyl (C=O) groups is 2. The largest absolute Gasteiger partial charge is 0.416 e. The Hall–Kier alpha value is -3.72. The van der Waals surface area contributed by atoms with E-state index in [1.165, 1.54) is 23.5 Å². The number of rotatable bonds is 4. The van der Waals surface area contributed by atoms with E-state index in [1.54, 1.807) is 48.8 Å². The normalized spacial score (nSPS) is 11.4. The Kier molecular flexibility index (Phi) is 5.67. The molecule has 5 nitrogen and oxygen atoms in total. The van der Waals surface area contributed by atoms with Crippen molar-refractivity contribution in [1.82, 2.24) is 4.98 Å². The molecule has 9 heteroatoms. The predicted molar refractivity (Wildman–Crippen MR) is 118 cm³/mol. The first-order valence-electron chi connectivity index (χ1n) is 9.44. The van der Waals surface area contributed by atoms with Gasteiger partial charge >= 0.3 is 6.18 Å². The number of nitrogens with zero attached hydrogens (tertiary/aromatic N) is 1. The number of nitrogens with one attached hydrogen (secondary N) is 2. The molecule has 0 saturated heterocycles. The molecule has 162 valence electrons. The Morgan fingerprint density at radius 1 is 0.906 bits per heavy atom. The number of aryl methyl sites for hydroxylation is 1. The number of fused-ring (bicyclic) bond motifs is 1. The minimum absolute atomic E-state index is 0.121. The van der Waals surface area contributed by atoms with Gasteiger partial charge in [-0.25, -0.2) is 4.98 Å². The molecule has 0 unspecified atom stereocenters. The maximum Gasteiger partial charge on any atom is 0.416 e. The topological polar surface area (TPSA) is 71.1 Å². The second-order valence-corrected chi connectivity index (χ2v) is 7.94. The van der Waals surface area contributed by atoms with Crippen molar-refractivity contribution >= 4 is 44.7 Å². The van der Waals surface area contributed by atoms with E-state index in [1.807, 2.05) is 0 Å². The standard InChI is InChI=1S/C23H16F3N3O2S/c1-13-5-7-17(28-21(30)14-3-2-4-16(9-14)23(24,25)26)11-19(13)29-22(31)15-6-8-18-20(10-15)32-12-27-18/h2-12H,1H3,(H,28,30)(H,29,31). The quantitative estimate of drug-likeness (QED) is 0.389. The maximum absolute atomic E-state index is 12.9. The van der Waals surface area contributed by atoms with Crippen LogP contribution in [0.5, 0.6) is 0 Å². The summed E-state index contributed by atoms with van der Waals surface area (Å²) in [6, 6.07) is 14.2. The monoisotopic (exact) mass is 455 g/mol. The van der Waals surface area contributed by atoms with Crippen LogP contribution in [0.3, 0.4) is 0 Å². The average Bonchev–Trinajstić information content (AvgIpc) is 3.23. The molecule has 2 N–H and O–H groups in total. The SMILES string of the molecule is Cc1ccc(NC(=O)c2cccc(C(F)(F)F)c2)cc1NC(=O)c1ccc2ncsc2c1. The number of benzene rings is 3. The van der Waals surface area contributed by atoms with Gasteiger partial charge in [-0.2, -0.15) is 13.2 Å². The summed E-state index contributed by atoms with van der Waals surface area (Å²) >= 11 is 1.43. The third-order valence-electron chi connectivity index (χ3n) is 4.79. The second-order valence-electron chi connectivity index (χ2n) is 7.05. The summed E-state index contributed by atoms with van der Waals surface area (Å²) in [5, 5.41) is 5.39. The van der Waals surface area contributed by atoms with E-state index in [0.717, 1.165) is 27.9 Å². The van der Waals surface area contributed by atoms with Gasteiger partial charge in [0.25, 0.3) is 11.8 Å². The minimum Gasteiger partial charge on any atom is -0.322 e. The number of hydrogen-bond acceptors (Lipinski definition) is 4. The molecular formula is C23H16F3N3O2S. The van der Waals surface area contributed by atoms with Crippen molar-refractivity contribution in [2.24, 2.45) is 0 Å². The van der Waals surface area contributed by atoms with Crippen molar-refractivity contribution in [3.63, 3.8) is 0 Å². The Balaban J connectivity index is 1.52. The Bertz CT molecular complexity index is 1330. The highest BCUT2D eigenvalue weighted by Gasteiger charge is 2.30. The lowest BCUT2D eigenvalue weighted by atomic mass is 10.1. The van der Waals surface area contributed by atoms with Crippen LogP contribution in [0.4, 0.5) is 24.5 Å². The van der Waals surface area contributed by atoms with Crippen LogP contribution in [-0.4, -0.2) is 16.8 Å². The fraction of sp³-hybridized carbons (Fsp3) is 0.0870. The number of amides is 2. The first kappa shape index (κ1) is 21.5. The van der Waals surface area contributed by atoms with Crippen LogP contribution in [0.2, 0.25) is 0 Å². The molecule has 4 rings (SSSR count).